The molecule has 0 bridgehead atoms. The van der Waals surface area contributed by atoms with Crippen LogP contribution in [0.3, 0.4) is 0 Å². The Kier molecular flexibility index (Phi) is 53.8. The molecule has 0 aliphatic heterocycles. The van der Waals surface area contributed by atoms with Gasteiger partial charge in [0, 0.05) is 19.3 Å². The third-order valence-electron chi connectivity index (χ3n) is 12.5. The number of hydrogen-bond acceptors (Lipinski definition) is 6. The Labute approximate surface area is 421 Å². The molecule has 0 heterocycles. The lowest BCUT2D eigenvalue weighted by Gasteiger charge is -2.18. The lowest BCUT2D eigenvalue weighted by molar-refractivity contribution is -0.167. The number of carbonyl (C=O) groups excluding carboxylic acids is 3. The van der Waals surface area contributed by atoms with E-state index in [1.165, 1.54) is 141 Å². The SMILES string of the molecule is CC/C=C\C/C=C\C/C=C\C/C=C\C/C=C\C/C=C\CCCCCCCCCCCCC(=O)OCC(COC(=O)CCCCCCC)OC(=O)CCCCCCCCCCCCCCCCCC. The summed E-state index contributed by atoms with van der Waals surface area (Å²) in [5.41, 5.74) is 0. The van der Waals surface area contributed by atoms with Crippen LogP contribution in [0.25, 0.3) is 0 Å². The molecule has 392 valence electrons. The van der Waals surface area contributed by atoms with E-state index in [2.05, 4.69) is 93.7 Å². The van der Waals surface area contributed by atoms with E-state index in [9.17, 15) is 14.4 Å². The lowest BCUT2D eigenvalue weighted by atomic mass is 10.0. The second kappa shape index (κ2) is 56.4. The van der Waals surface area contributed by atoms with Gasteiger partial charge in [-0.1, -0.05) is 267 Å². The summed E-state index contributed by atoms with van der Waals surface area (Å²) >= 11 is 0. The first kappa shape index (κ1) is 64.8. The van der Waals surface area contributed by atoms with Gasteiger partial charge in [-0.2, -0.15) is 0 Å². The van der Waals surface area contributed by atoms with Crippen LogP contribution in [0, 0.1) is 0 Å². The van der Waals surface area contributed by atoms with Crippen LogP contribution in [0.5, 0.6) is 0 Å². The molecule has 0 aromatic rings. The molecule has 68 heavy (non-hydrogen) atoms. The molecule has 1 unspecified atom stereocenters. The number of unbranched alkanes of at least 4 members (excludes halogenated alkanes) is 29. The highest BCUT2D eigenvalue weighted by Gasteiger charge is 2.19. The number of rotatable bonds is 52. The van der Waals surface area contributed by atoms with Crippen molar-refractivity contribution in [1.29, 1.82) is 0 Å². The molecular formula is C62H108O6. The normalized spacial score (nSPS) is 12.6. The Balaban J connectivity index is 4.05. The summed E-state index contributed by atoms with van der Waals surface area (Å²) in [5, 5.41) is 0. The highest BCUT2D eigenvalue weighted by molar-refractivity contribution is 5.71. The Bertz CT molecular complexity index is 1270. The summed E-state index contributed by atoms with van der Waals surface area (Å²) in [7, 11) is 0. The van der Waals surface area contributed by atoms with Gasteiger partial charge in [-0.25, -0.2) is 0 Å². The van der Waals surface area contributed by atoms with E-state index in [-0.39, 0.29) is 31.1 Å². The quantitative estimate of drug-likeness (QED) is 0.0262. The third kappa shape index (κ3) is 53.8. The van der Waals surface area contributed by atoms with Crippen LogP contribution >= 0.6 is 0 Å². The smallest absolute Gasteiger partial charge is 0.306 e. The third-order valence-corrected chi connectivity index (χ3v) is 12.5. The number of carbonyl (C=O) groups is 3. The topological polar surface area (TPSA) is 78.9 Å². The Morgan fingerprint density at radius 1 is 0.309 bits per heavy atom. The molecule has 0 aromatic carbocycles. The summed E-state index contributed by atoms with van der Waals surface area (Å²) < 4.78 is 16.7. The van der Waals surface area contributed by atoms with Gasteiger partial charge < -0.3 is 14.2 Å². The molecule has 0 radical (unpaired) electrons. The van der Waals surface area contributed by atoms with Crippen LogP contribution in [-0.2, 0) is 28.6 Å². The van der Waals surface area contributed by atoms with Gasteiger partial charge in [0.1, 0.15) is 13.2 Å². The number of ether oxygens (including phenoxy) is 3. The maximum Gasteiger partial charge on any atom is 0.306 e. The number of allylic oxidation sites excluding steroid dienone is 12. The molecule has 1 atom stereocenters. The van der Waals surface area contributed by atoms with Gasteiger partial charge >= 0.3 is 17.9 Å². The summed E-state index contributed by atoms with van der Waals surface area (Å²) in [4.78, 5) is 37.8. The highest BCUT2D eigenvalue weighted by Crippen LogP contribution is 2.16. The van der Waals surface area contributed by atoms with Crippen LogP contribution in [0.15, 0.2) is 72.9 Å². The predicted octanol–water partition coefficient (Wildman–Crippen LogP) is 19.4. The zero-order valence-corrected chi connectivity index (χ0v) is 44.9. The van der Waals surface area contributed by atoms with Crippen molar-refractivity contribution in [3.05, 3.63) is 72.9 Å². The zero-order chi connectivity index (χ0) is 49.3. The molecule has 0 spiro atoms. The zero-order valence-electron chi connectivity index (χ0n) is 44.9. The highest BCUT2D eigenvalue weighted by atomic mass is 16.6. The second-order valence-electron chi connectivity index (χ2n) is 19.2. The van der Waals surface area contributed by atoms with Crippen LogP contribution in [0.2, 0.25) is 0 Å². The van der Waals surface area contributed by atoms with Gasteiger partial charge in [0.25, 0.3) is 0 Å². The number of hydrogen-bond donors (Lipinski definition) is 0. The molecule has 6 heteroatoms. The van der Waals surface area contributed by atoms with Gasteiger partial charge in [0.05, 0.1) is 0 Å². The minimum Gasteiger partial charge on any atom is -0.462 e. The van der Waals surface area contributed by atoms with E-state index in [0.717, 1.165) is 103 Å². The van der Waals surface area contributed by atoms with Gasteiger partial charge in [0.2, 0.25) is 0 Å². The molecule has 0 saturated carbocycles. The fourth-order valence-corrected chi connectivity index (χ4v) is 8.15. The van der Waals surface area contributed by atoms with Crippen molar-refractivity contribution in [3.63, 3.8) is 0 Å². The van der Waals surface area contributed by atoms with Crippen molar-refractivity contribution in [1.82, 2.24) is 0 Å². The van der Waals surface area contributed by atoms with E-state index >= 15 is 0 Å². The molecule has 0 N–H and O–H groups in total. The van der Waals surface area contributed by atoms with Crippen molar-refractivity contribution in [2.45, 2.75) is 290 Å². The Morgan fingerprint density at radius 3 is 0.897 bits per heavy atom. The molecule has 0 amide bonds. The minimum absolute atomic E-state index is 0.0742. The summed E-state index contributed by atoms with van der Waals surface area (Å²) in [5.74, 6) is -0.883. The van der Waals surface area contributed by atoms with Crippen molar-refractivity contribution >= 4 is 17.9 Å². The van der Waals surface area contributed by atoms with Crippen LogP contribution in [-0.4, -0.2) is 37.2 Å². The molecule has 0 rings (SSSR count). The summed E-state index contributed by atoms with van der Waals surface area (Å²) in [6, 6.07) is 0. The minimum atomic E-state index is -0.770. The Hall–Kier alpha value is -3.15. The van der Waals surface area contributed by atoms with Gasteiger partial charge in [-0.15, -0.1) is 0 Å². The second-order valence-corrected chi connectivity index (χ2v) is 19.2. The van der Waals surface area contributed by atoms with Crippen LogP contribution < -0.4 is 0 Å². The van der Waals surface area contributed by atoms with E-state index in [0.29, 0.717) is 19.3 Å². The molecular weight excluding hydrogens is 841 g/mol. The average molecular weight is 950 g/mol. The standard InChI is InChI=1S/C62H108O6/c1-4-7-10-13-15-17-19-21-23-25-26-27-28-29-30-31-32-33-34-35-36-37-39-40-42-44-46-49-52-55-61(64)67-58-59(57-66-60(63)54-51-48-12-9-6-3)68-62(65)56-53-50-47-45-43-41-38-24-22-20-18-16-14-11-8-5-2/h7,10,15,17,21,23,26-27,29-30,32-33,59H,4-6,8-9,11-14,16,18-20,22,24-25,28,31,34-58H2,1-3H3/b10-7-,17-15-,23-21-,27-26-,30-29-,33-32-. The van der Waals surface area contributed by atoms with E-state index in [1.807, 2.05) is 0 Å². The van der Waals surface area contributed by atoms with Crippen molar-refractivity contribution in [2.24, 2.45) is 0 Å². The largest absolute Gasteiger partial charge is 0.462 e. The van der Waals surface area contributed by atoms with Crippen LogP contribution in [0.1, 0.15) is 284 Å². The lowest BCUT2D eigenvalue weighted by Crippen LogP contribution is -2.30. The van der Waals surface area contributed by atoms with E-state index in [4.69, 9.17) is 14.2 Å². The molecule has 0 aliphatic rings. The first-order chi connectivity index (χ1) is 33.5. The molecule has 0 fully saturated rings. The molecule has 0 aromatic heterocycles. The van der Waals surface area contributed by atoms with Gasteiger partial charge in [-0.05, 0) is 70.6 Å². The number of esters is 3. The first-order valence-corrected chi connectivity index (χ1v) is 28.9. The summed E-state index contributed by atoms with van der Waals surface area (Å²) in [6.07, 6.45) is 72.3. The fraction of sp³-hybridized carbons (Fsp3) is 0.758. The maximum absolute atomic E-state index is 12.8. The average Bonchev–Trinajstić information content (AvgIpc) is 3.34. The predicted molar refractivity (Wildman–Crippen MR) is 293 cm³/mol. The van der Waals surface area contributed by atoms with Crippen molar-refractivity contribution in [2.75, 3.05) is 13.2 Å². The van der Waals surface area contributed by atoms with Crippen LogP contribution in [0.4, 0.5) is 0 Å². The van der Waals surface area contributed by atoms with Crippen molar-refractivity contribution < 1.29 is 28.6 Å². The van der Waals surface area contributed by atoms with Gasteiger partial charge in [0.15, 0.2) is 6.10 Å². The maximum atomic E-state index is 12.8. The summed E-state index contributed by atoms with van der Waals surface area (Å²) in [6.45, 7) is 6.46. The molecule has 0 aliphatic carbocycles. The van der Waals surface area contributed by atoms with Gasteiger partial charge in [-0.3, -0.25) is 14.4 Å². The Morgan fingerprint density at radius 2 is 0.574 bits per heavy atom. The van der Waals surface area contributed by atoms with Crippen molar-refractivity contribution in [3.8, 4) is 0 Å². The van der Waals surface area contributed by atoms with E-state index in [1.54, 1.807) is 0 Å². The molecule has 6 nitrogen and oxygen atoms in total. The monoisotopic (exact) mass is 949 g/mol. The first-order valence-electron chi connectivity index (χ1n) is 28.9. The molecule has 0 saturated heterocycles. The van der Waals surface area contributed by atoms with E-state index < -0.39 is 6.10 Å². The fourth-order valence-electron chi connectivity index (χ4n) is 8.15.